The molecule has 1 heterocycles. The first-order valence-electron chi connectivity index (χ1n) is 4.76. The number of carbonyl (C=O) groups is 1. The number of hydrogen-bond donors (Lipinski definition) is 2. The zero-order chi connectivity index (χ0) is 12.3. The lowest BCUT2D eigenvalue weighted by atomic mass is 10.3. The molecule has 0 bridgehead atoms. The van der Waals surface area contributed by atoms with Gasteiger partial charge in [0.1, 0.15) is 17.4 Å². The van der Waals surface area contributed by atoms with E-state index in [2.05, 4.69) is 4.98 Å². The standard InChI is InChI=1S/C11H9NO4S/c13-10-9(11(14)15)17-8(12-10)6-16-7-4-2-1-3-5-7/h1-5,13H,6H2,(H,14,15). The molecule has 0 fully saturated rings. The third kappa shape index (κ3) is 2.73. The second-order valence-electron chi connectivity index (χ2n) is 3.17. The molecule has 6 heteroatoms. The van der Waals surface area contributed by atoms with Gasteiger partial charge in [-0.15, -0.1) is 11.3 Å². The molecule has 2 aromatic rings. The molecule has 0 aliphatic carbocycles. The van der Waals surface area contributed by atoms with Crippen LogP contribution in [-0.2, 0) is 6.61 Å². The average Bonchev–Trinajstić information content (AvgIpc) is 2.69. The van der Waals surface area contributed by atoms with Gasteiger partial charge in [-0.25, -0.2) is 9.78 Å². The van der Waals surface area contributed by atoms with E-state index < -0.39 is 11.8 Å². The van der Waals surface area contributed by atoms with Gasteiger partial charge in [0.05, 0.1) is 0 Å². The van der Waals surface area contributed by atoms with Gasteiger partial charge in [0.2, 0.25) is 5.88 Å². The number of carboxylic acid groups (broad SMARTS) is 1. The van der Waals surface area contributed by atoms with Gasteiger partial charge in [-0.2, -0.15) is 0 Å². The van der Waals surface area contributed by atoms with Crippen molar-refractivity contribution in [1.29, 1.82) is 0 Å². The molecule has 88 valence electrons. The average molecular weight is 251 g/mol. The van der Waals surface area contributed by atoms with Crippen molar-refractivity contribution in [2.75, 3.05) is 0 Å². The Kier molecular flexibility index (Phi) is 3.24. The fourth-order valence-corrected chi connectivity index (χ4v) is 1.93. The van der Waals surface area contributed by atoms with Gasteiger partial charge < -0.3 is 14.9 Å². The highest BCUT2D eigenvalue weighted by Gasteiger charge is 2.16. The summed E-state index contributed by atoms with van der Waals surface area (Å²) in [6.07, 6.45) is 0. The number of rotatable bonds is 4. The molecule has 17 heavy (non-hydrogen) atoms. The van der Waals surface area contributed by atoms with Crippen LogP contribution in [0.25, 0.3) is 0 Å². The predicted molar refractivity (Wildman–Crippen MR) is 61.5 cm³/mol. The van der Waals surface area contributed by atoms with Crippen molar-refractivity contribution in [2.45, 2.75) is 6.61 Å². The van der Waals surface area contributed by atoms with Crippen molar-refractivity contribution >= 4 is 17.3 Å². The van der Waals surface area contributed by atoms with Crippen molar-refractivity contribution in [3.63, 3.8) is 0 Å². The zero-order valence-electron chi connectivity index (χ0n) is 8.66. The number of thiazole rings is 1. The van der Waals surface area contributed by atoms with Crippen LogP contribution in [0.4, 0.5) is 0 Å². The highest BCUT2D eigenvalue weighted by atomic mass is 32.1. The maximum Gasteiger partial charge on any atom is 0.351 e. The van der Waals surface area contributed by atoms with Crippen LogP contribution in [0.2, 0.25) is 0 Å². The Morgan fingerprint density at radius 1 is 1.35 bits per heavy atom. The first kappa shape index (κ1) is 11.4. The van der Waals surface area contributed by atoms with E-state index in [-0.39, 0.29) is 11.5 Å². The van der Waals surface area contributed by atoms with E-state index in [1.54, 1.807) is 12.1 Å². The molecule has 0 spiro atoms. The van der Waals surface area contributed by atoms with Crippen LogP contribution in [0.5, 0.6) is 11.6 Å². The first-order valence-corrected chi connectivity index (χ1v) is 5.58. The van der Waals surface area contributed by atoms with Crippen LogP contribution in [0.1, 0.15) is 14.7 Å². The van der Waals surface area contributed by atoms with E-state index in [0.717, 1.165) is 11.3 Å². The van der Waals surface area contributed by atoms with Crippen LogP contribution in [0, 0.1) is 0 Å². The zero-order valence-corrected chi connectivity index (χ0v) is 9.48. The second kappa shape index (κ2) is 4.84. The lowest BCUT2D eigenvalue weighted by Crippen LogP contribution is -1.93. The quantitative estimate of drug-likeness (QED) is 0.870. The SMILES string of the molecule is O=C(O)c1sc(COc2ccccc2)nc1O. The monoisotopic (exact) mass is 251 g/mol. The summed E-state index contributed by atoms with van der Waals surface area (Å²) in [5.74, 6) is -0.987. The Morgan fingerprint density at radius 3 is 2.65 bits per heavy atom. The molecule has 0 unspecified atom stereocenters. The Bertz CT molecular complexity index is 524. The van der Waals surface area contributed by atoms with Gasteiger partial charge in [-0.05, 0) is 12.1 Å². The van der Waals surface area contributed by atoms with Crippen molar-refractivity contribution in [1.82, 2.24) is 4.98 Å². The number of aromatic hydroxyl groups is 1. The molecular weight excluding hydrogens is 242 g/mol. The number of hydrogen-bond acceptors (Lipinski definition) is 5. The Labute approximate surface area is 101 Å². The fourth-order valence-electron chi connectivity index (χ4n) is 1.22. The highest BCUT2D eigenvalue weighted by Crippen LogP contribution is 2.24. The Morgan fingerprint density at radius 2 is 2.06 bits per heavy atom. The minimum absolute atomic E-state index is 0.134. The number of benzene rings is 1. The molecule has 1 aromatic heterocycles. The number of para-hydroxylation sites is 1. The lowest BCUT2D eigenvalue weighted by molar-refractivity contribution is 0.0699. The van der Waals surface area contributed by atoms with E-state index in [9.17, 15) is 9.90 Å². The maximum atomic E-state index is 10.7. The van der Waals surface area contributed by atoms with Gasteiger partial charge in [-0.3, -0.25) is 0 Å². The largest absolute Gasteiger partial charge is 0.492 e. The summed E-state index contributed by atoms with van der Waals surface area (Å²) < 4.78 is 5.38. The molecule has 2 N–H and O–H groups in total. The van der Waals surface area contributed by atoms with Gasteiger partial charge in [0, 0.05) is 0 Å². The van der Waals surface area contributed by atoms with Gasteiger partial charge in [0.15, 0.2) is 4.88 Å². The smallest absolute Gasteiger partial charge is 0.351 e. The summed E-state index contributed by atoms with van der Waals surface area (Å²) in [5.41, 5.74) is 0. The number of ether oxygens (including phenoxy) is 1. The summed E-state index contributed by atoms with van der Waals surface area (Å²) in [4.78, 5) is 14.2. The number of aromatic nitrogens is 1. The van der Waals surface area contributed by atoms with E-state index >= 15 is 0 Å². The molecule has 0 atom stereocenters. The van der Waals surface area contributed by atoms with E-state index in [1.165, 1.54) is 0 Å². The summed E-state index contributed by atoms with van der Waals surface area (Å²) in [6, 6.07) is 9.09. The minimum atomic E-state index is -1.19. The van der Waals surface area contributed by atoms with Crippen LogP contribution in [0.3, 0.4) is 0 Å². The molecule has 1 aromatic carbocycles. The van der Waals surface area contributed by atoms with Gasteiger partial charge >= 0.3 is 5.97 Å². The molecule has 0 radical (unpaired) electrons. The Hall–Kier alpha value is -2.08. The topological polar surface area (TPSA) is 79.7 Å². The minimum Gasteiger partial charge on any atom is -0.492 e. The molecular formula is C11H9NO4S. The molecule has 0 aliphatic rings. The van der Waals surface area contributed by atoms with Crippen LogP contribution in [0.15, 0.2) is 30.3 Å². The number of nitrogens with zero attached hydrogens (tertiary/aromatic N) is 1. The highest BCUT2D eigenvalue weighted by molar-refractivity contribution is 7.13. The molecule has 0 aliphatic heterocycles. The third-order valence-electron chi connectivity index (χ3n) is 1.95. The van der Waals surface area contributed by atoms with Crippen LogP contribution >= 0.6 is 11.3 Å². The van der Waals surface area contributed by atoms with Crippen molar-refractivity contribution in [3.05, 3.63) is 40.2 Å². The lowest BCUT2D eigenvalue weighted by Gasteiger charge is -2.02. The van der Waals surface area contributed by atoms with Crippen molar-refractivity contribution in [3.8, 4) is 11.6 Å². The van der Waals surface area contributed by atoms with E-state index in [1.807, 2.05) is 18.2 Å². The van der Waals surface area contributed by atoms with Crippen LogP contribution in [-0.4, -0.2) is 21.2 Å². The summed E-state index contributed by atoms with van der Waals surface area (Å²) >= 11 is 0.901. The molecule has 5 nitrogen and oxygen atoms in total. The van der Waals surface area contributed by atoms with Gasteiger partial charge in [-0.1, -0.05) is 18.2 Å². The Balaban J connectivity index is 2.05. The second-order valence-corrected chi connectivity index (χ2v) is 4.25. The number of aromatic carboxylic acids is 1. The first-order chi connectivity index (χ1) is 8.16. The van der Waals surface area contributed by atoms with Gasteiger partial charge in [0.25, 0.3) is 0 Å². The predicted octanol–water partition coefficient (Wildman–Crippen LogP) is 2.13. The third-order valence-corrected chi connectivity index (χ3v) is 2.96. The summed E-state index contributed by atoms with van der Waals surface area (Å²) in [7, 11) is 0. The fraction of sp³-hybridized carbons (Fsp3) is 0.0909. The molecule has 2 rings (SSSR count). The molecule has 0 saturated heterocycles. The summed E-state index contributed by atoms with van der Waals surface area (Å²) in [5, 5.41) is 18.4. The van der Waals surface area contributed by atoms with E-state index in [0.29, 0.717) is 10.8 Å². The molecule has 0 amide bonds. The molecule has 0 saturated carbocycles. The normalized spacial score (nSPS) is 10.1. The summed E-state index contributed by atoms with van der Waals surface area (Å²) in [6.45, 7) is 0.134. The van der Waals surface area contributed by atoms with Crippen molar-refractivity contribution in [2.24, 2.45) is 0 Å². The number of carboxylic acids is 1. The van der Waals surface area contributed by atoms with Crippen molar-refractivity contribution < 1.29 is 19.7 Å². The maximum absolute atomic E-state index is 10.7. The van der Waals surface area contributed by atoms with Crippen LogP contribution < -0.4 is 4.74 Å². The van der Waals surface area contributed by atoms with E-state index in [4.69, 9.17) is 9.84 Å².